The van der Waals surface area contributed by atoms with Gasteiger partial charge < -0.3 is 10.0 Å². The van der Waals surface area contributed by atoms with Crippen LogP contribution in [0.15, 0.2) is 42.5 Å². The highest BCUT2D eigenvalue weighted by Crippen LogP contribution is 2.24. The number of piperidine rings is 1. The average molecular weight is 386 g/mol. The summed E-state index contributed by atoms with van der Waals surface area (Å²) in [4.78, 5) is 38.2. The lowest BCUT2D eigenvalue weighted by Crippen LogP contribution is -2.40. The molecule has 2 aromatic carbocycles. The van der Waals surface area contributed by atoms with Crippen molar-refractivity contribution in [2.75, 3.05) is 13.1 Å². The van der Waals surface area contributed by atoms with Gasteiger partial charge in [0.05, 0.1) is 5.56 Å². The van der Waals surface area contributed by atoms with Gasteiger partial charge in [-0.05, 0) is 67.8 Å². The minimum Gasteiger partial charge on any atom is -0.478 e. The molecular formula is C21H20ClNO4. The van der Waals surface area contributed by atoms with Crippen LogP contribution in [0, 0.1) is 12.8 Å². The molecule has 0 saturated carbocycles. The van der Waals surface area contributed by atoms with Crippen LogP contribution in [0.5, 0.6) is 0 Å². The van der Waals surface area contributed by atoms with Crippen LogP contribution >= 0.6 is 11.6 Å². The smallest absolute Gasteiger partial charge is 0.335 e. The second-order valence-corrected chi connectivity index (χ2v) is 7.27. The SMILES string of the molecule is Cc1cc(C(=O)O)cc(C(=O)N2CCC(C(=O)c3ccc(Cl)cc3)CC2)c1. The van der Waals surface area contributed by atoms with Gasteiger partial charge >= 0.3 is 5.97 Å². The fourth-order valence-electron chi connectivity index (χ4n) is 3.41. The van der Waals surface area contributed by atoms with E-state index in [0.29, 0.717) is 42.1 Å². The Morgan fingerprint density at radius 3 is 2.15 bits per heavy atom. The third kappa shape index (κ3) is 4.37. The Balaban J connectivity index is 1.67. The van der Waals surface area contributed by atoms with Crippen LogP contribution < -0.4 is 0 Å². The summed E-state index contributed by atoms with van der Waals surface area (Å²) in [5, 5.41) is 9.77. The summed E-state index contributed by atoms with van der Waals surface area (Å²) in [5.41, 5.74) is 1.83. The zero-order valence-corrected chi connectivity index (χ0v) is 15.7. The summed E-state index contributed by atoms with van der Waals surface area (Å²) in [7, 11) is 0. The van der Waals surface area contributed by atoms with E-state index >= 15 is 0 Å². The van der Waals surface area contributed by atoms with Gasteiger partial charge in [-0.1, -0.05) is 11.6 Å². The number of aryl methyl sites for hydroxylation is 1. The number of aromatic carboxylic acids is 1. The predicted octanol–water partition coefficient (Wildman–Crippen LogP) is 4.08. The first kappa shape index (κ1) is 19.1. The molecule has 0 spiro atoms. The van der Waals surface area contributed by atoms with E-state index in [0.717, 1.165) is 5.56 Å². The third-order valence-electron chi connectivity index (χ3n) is 4.85. The van der Waals surface area contributed by atoms with Gasteiger partial charge in [0, 0.05) is 35.2 Å². The van der Waals surface area contributed by atoms with Gasteiger partial charge in [0.2, 0.25) is 0 Å². The van der Waals surface area contributed by atoms with Crippen molar-refractivity contribution in [3.05, 3.63) is 69.7 Å². The monoisotopic (exact) mass is 385 g/mol. The van der Waals surface area contributed by atoms with Crippen molar-refractivity contribution in [2.45, 2.75) is 19.8 Å². The molecule has 2 aromatic rings. The number of likely N-dealkylation sites (tertiary alicyclic amines) is 1. The molecule has 6 heteroatoms. The number of benzene rings is 2. The molecule has 1 amide bonds. The number of carbonyl (C=O) groups is 3. The van der Waals surface area contributed by atoms with Crippen molar-refractivity contribution in [1.29, 1.82) is 0 Å². The fourth-order valence-corrected chi connectivity index (χ4v) is 3.53. The van der Waals surface area contributed by atoms with Gasteiger partial charge in [0.25, 0.3) is 5.91 Å². The van der Waals surface area contributed by atoms with Crippen molar-refractivity contribution < 1.29 is 19.5 Å². The summed E-state index contributed by atoms with van der Waals surface area (Å²) in [6.45, 7) is 2.71. The van der Waals surface area contributed by atoms with Crippen LogP contribution in [0.3, 0.4) is 0 Å². The third-order valence-corrected chi connectivity index (χ3v) is 5.10. The minimum absolute atomic E-state index is 0.0717. The second kappa shape index (κ2) is 7.92. The highest BCUT2D eigenvalue weighted by molar-refractivity contribution is 6.30. The number of hydrogen-bond donors (Lipinski definition) is 1. The number of ketones is 1. The Kier molecular flexibility index (Phi) is 5.61. The zero-order chi connectivity index (χ0) is 19.6. The van der Waals surface area contributed by atoms with Crippen LogP contribution in [0.1, 0.15) is 49.5 Å². The van der Waals surface area contributed by atoms with Gasteiger partial charge in [0.15, 0.2) is 5.78 Å². The predicted molar refractivity (Wildman–Crippen MR) is 103 cm³/mol. The van der Waals surface area contributed by atoms with E-state index < -0.39 is 5.97 Å². The minimum atomic E-state index is -1.06. The van der Waals surface area contributed by atoms with Gasteiger partial charge in [0.1, 0.15) is 0 Å². The summed E-state index contributed by atoms with van der Waals surface area (Å²) in [6.07, 6.45) is 1.18. The molecule has 1 heterocycles. The number of carboxylic acid groups (broad SMARTS) is 1. The first-order valence-electron chi connectivity index (χ1n) is 8.79. The van der Waals surface area contributed by atoms with Gasteiger partial charge in [-0.15, -0.1) is 0 Å². The summed E-state index contributed by atoms with van der Waals surface area (Å²) >= 11 is 5.86. The quantitative estimate of drug-likeness (QED) is 0.804. The molecule has 0 atom stereocenters. The zero-order valence-electron chi connectivity index (χ0n) is 14.9. The number of carboxylic acids is 1. The van der Waals surface area contributed by atoms with Gasteiger partial charge in [-0.2, -0.15) is 0 Å². The van der Waals surface area contributed by atoms with E-state index in [1.807, 2.05) is 0 Å². The van der Waals surface area contributed by atoms with Crippen LogP contribution in [0.2, 0.25) is 5.02 Å². The number of rotatable bonds is 4. The summed E-state index contributed by atoms with van der Waals surface area (Å²) < 4.78 is 0. The van der Waals surface area contributed by atoms with Gasteiger partial charge in [-0.3, -0.25) is 9.59 Å². The summed E-state index contributed by atoms with van der Waals surface area (Å²) in [5.74, 6) is -1.30. The molecule has 27 heavy (non-hydrogen) atoms. The fraction of sp³-hybridized carbons (Fsp3) is 0.286. The Labute approximate surface area is 162 Å². The maximum atomic E-state index is 12.7. The molecule has 1 N–H and O–H groups in total. The van der Waals surface area contributed by atoms with Crippen molar-refractivity contribution >= 4 is 29.3 Å². The van der Waals surface area contributed by atoms with Crippen LogP contribution in [0.4, 0.5) is 0 Å². The van der Waals surface area contributed by atoms with E-state index in [2.05, 4.69) is 0 Å². The molecule has 0 unspecified atom stereocenters. The number of hydrogen-bond acceptors (Lipinski definition) is 3. The van der Waals surface area contributed by atoms with Crippen molar-refractivity contribution in [2.24, 2.45) is 5.92 Å². The average Bonchev–Trinajstić information content (AvgIpc) is 2.67. The molecule has 1 fully saturated rings. The largest absolute Gasteiger partial charge is 0.478 e. The molecule has 0 aliphatic carbocycles. The molecule has 5 nitrogen and oxygen atoms in total. The molecule has 0 radical (unpaired) electrons. The highest BCUT2D eigenvalue weighted by atomic mass is 35.5. The lowest BCUT2D eigenvalue weighted by atomic mass is 9.88. The number of amides is 1. The maximum absolute atomic E-state index is 12.7. The van der Waals surface area contributed by atoms with E-state index in [4.69, 9.17) is 11.6 Å². The Hall–Kier alpha value is -2.66. The first-order chi connectivity index (χ1) is 12.8. The Morgan fingerprint density at radius 2 is 1.56 bits per heavy atom. The number of halogens is 1. The Morgan fingerprint density at radius 1 is 0.963 bits per heavy atom. The molecule has 140 valence electrons. The van der Waals surface area contributed by atoms with Crippen LogP contribution in [0.25, 0.3) is 0 Å². The lowest BCUT2D eigenvalue weighted by molar-refractivity contribution is 0.0650. The second-order valence-electron chi connectivity index (χ2n) is 6.83. The Bertz CT molecular complexity index is 884. The maximum Gasteiger partial charge on any atom is 0.335 e. The molecule has 3 rings (SSSR count). The van der Waals surface area contributed by atoms with E-state index in [1.54, 1.807) is 42.2 Å². The van der Waals surface area contributed by atoms with Crippen LogP contribution in [-0.2, 0) is 0 Å². The molecular weight excluding hydrogens is 366 g/mol. The van der Waals surface area contributed by atoms with E-state index in [9.17, 15) is 19.5 Å². The van der Waals surface area contributed by atoms with Gasteiger partial charge in [-0.25, -0.2) is 4.79 Å². The van der Waals surface area contributed by atoms with E-state index in [1.165, 1.54) is 12.1 Å². The number of nitrogens with zero attached hydrogens (tertiary/aromatic N) is 1. The molecule has 1 aliphatic rings. The van der Waals surface area contributed by atoms with Crippen molar-refractivity contribution in [1.82, 2.24) is 4.90 Å². The molecule has 1 saturated heterocycles. The lowest BCUT2D eigenvalue weighted by Gasteiger charge is -2.31. The van der Waals surface area contributed by atoms with E-state index in [-0.39, 0.29) is 23.2 Å². The standard InChI is InChI=1S/C21H20ClNO4/c1-13-10-16(12-17(11-13)21(26)27)20(25)23-8-6-15(7-9-23)19(24)14-2-4-18(22)5-3-14/h2-5,10-12,15H,6-9H2,1H3,(H,26,27). The van der Waals surface area contributed by atoms with Crippen LogP contribution in [-0.4, -0.2) is 40.8 Å². The molecule has 0 bridgehead atoms. The number of Topliss-reactive ketones (excluding diaryl/α,β-unsaturated/α-hetero) is 1. The molecule has 1 aliphatic heterocycles. The topological polar surface area (TPSA) is 74.7 Å². The molecule has 0 aromatic heterocycles. The normalized spacial score (nSPS) is 14.8. The number of carbonyl (C=O) groups excluding carboxylic acids is 2. The highest BCUT2D eigenvalue weighted by Gasteiger charge is 2.28. The van der Waals surface area contributed by atoms with Crippen molar-refractivity contribution in [3.63, 3.8) is 0 Å². The first-order valence-corrected chi connectivity index (χ1v) is 9.17. The summed E-state index contributed by atoms with van der Waals surface area (Å²) in [6, 6.07) is 11.5. The van der Waals surface area contributed by atoms with Crippen molar-refractivity contribution in [3.8, 4) is 0 Å².